The molecule has 0 radical (unpaired) electrons. The van der Waals surface area contributed by atoms with E-state index >= 15 is 0 Å². The lowest BCUT2D eigenvalue weighted by Gasteiger charge is -2.11. The fourth-order valence-corrected chi connectivity index (χ4v) is 3.74. The zero-order valence-electron chi connectivity index (χ0n) is 17.6. The Labute approximate surface area is 179 Å². The first-order chi connectivity index (χ1) is 15.0. The average Bonchev–Trinajstić information content (AvgIpc) is 3.37. The Morgan fingerprint density at radius 2 is 1.84 bits per heavy atom. The number of hydrogen-bond donors (Lipinski definition) is 1. The summed E-state index contributed by atoms with van der Waals surface area (Å²) in [6, 6.07) is 17.7. The van der Waals surface area contributed by atoms with E-state index in [9.17, 15) is 4.79 Å². The van der Waals surface area contributed by atoms with Crippen LogP contribution in [0.1, 0.15) is 35.9 Å². The Morgan fingerprint density at radius 3 is 2.61 bits per heavy atom. The molecule has 0 bridgehead atoms. The summed E-state index contributed by atoms with van der Waals surface area (Å²) < 4.78 is 3.89. The van der Waals surface area contributed by atoms with Gasteiger partial charge in [0.25, 0.3) is 5.91 Å². The summed E-state index contributed by atoms with van der Waals surface area (Å²) in [6.07, 6.45) is 3.56. The van der Waals surface area contributed by atoms with Crippen molar-refractivity contribution in [1.82, 2.24) is 24.3 Å². The van der Waals surface area contributed by atoms with Gasteiger partial charge in [0.1, 0.15) is 6.33 Å². The number of benzene rings is 2. The Balaban J connectivity index is 1.40. The second kappa shape index (κ2) is 7.36. The van der Waals surface area contributed by atoms with Crippen LogP contribution in [0.5, 0.6) is 0 Å². The molecule has 0 spiro atoms. The van der Waals surface area contributed by atoms with Gasteiger partial charge in [-0.15, -0.1) is 0 Å². The van der Waals surface area contributed by atoms with Crippen LogP contribution in [0.3, 0.4) is 0 Å². The molecule has 7 heteroatoms. The predicted octanol–water partition coefficient (Wildman–Crippen LogP) is 4.91. The molecule has 31 heavy (non-hydrogen) atoms. The molecule has 154 valence electrons. The number of fused-ring (bicyclic) bond motifs is 2. The van der Waals surface area contributed by atoms with Gasteiger partial charge in [-0.3, -0.25) is 9.36 Å². The maximum atomic E-state index is 12.9. The van der Waals surface area contributed by atoms with Crippen LogP contribution in [0.4, 0.5) is 5.69 Å². The lowest BCUT2D eigenvalue weighted by molar-refractivity contribution is 0.102. The van der Waals surface area contributed by atoms with Crippen LogP contribution < -0.4 is 5.32 Å². The van der Waals surface area contributed by atoms with Crippen molar-refractivity contribution >= 4 is 33.7 Å². The number of hydrogen-bond acceptors (Lipinski definition) is 4. The summed E-state index contributed by atoms with van der Waals surface area (Å²) in [5.41, 5.74) is 5.69. The molecule has 5 aromatic rings. The molecule has 3 aromatic heterocycles. The van der Waals surface area contributed by atoms with Crippen molar-refractivity contribution in [2.75, 3.05) is 5.32 Å². The molecule has 1 amide bonds. The Kier molecular flexibility index (Phi) is 4.51. The predicted molar refractivity (Wildman–Crippen MR) is 122 cm³/mol. The van der Waals surface area contributed by atoms with Gasteiger partial charge in [0.05, 0.1) is 28.5 Å². The molecule has 0 aliphatic heterocycles. The third-order valence-corrected chi connectivity index (χ3v) is 5.35. The molecule has 0 atom stereocenters. The standard InChI is InChI=1S/C24H22N6O/c1-15(2)30-23-17(13-26-30)12-20(16(3)27-23)24(31)28-18-8-10-19(11-9-18)29-14-25-21-6-4-5-7-22(21)29/h4-15H,1-3H3,(H,28,31). The first-order valence-corrected chi connectivity index (χ1v) is 10.2. The second-order valence-corrected chi connectivity index (χ2v) is 7.82. The maximum absolute atomic E-state index is 12.9. The van der Waals surface area contributed by atoms with E-state index in [1.807, 2.05) is 70.8 Å². The maximum Gasteiger partial charge on any atom is 0.257 e. The van der Waals surface area contributed by atoms with Crippen molar-refractivity contribution in [2.24, 2.45) is 0 Å². The normalized spacial score (nSPS) is 11.5. The molecule has 7 nitrogen and oxygen atoms in total. The van der Waals surface area contributed by atoms with Crippen molar-refractivity contribution in [3.05, 3.63) is 78.4 Å². The Bertz CT molecular complexity index is 1410. The first-order valence-electron chi connectivity index (χ1n) is 10.2. The van der Waals surface area contributed by atoms with Gasteiger partial charge in [-0.25, -0.2) is 14.6 Å². The highest BCUT2D eigenvalue weighted by Gasteiger charge is 2.15. The molecule has 0 aliphatic rings. The SMILES string of the molecule is Cc1nc2c(cnn2C(C)C)cc1C(=O)Nc1ccc(-n2cnc3ccccc32)cc1. The zero-order valence-corrected chi connectivity index (χ0v) is 17.6. The summed E-state index contributed by atoms with van der Waals surface area (Å²) in [5, 5.41) is 8.22. The number of amides is 1. The third-order valence-electron chi connectivity index (χ3n) is 5.35. The smallest absolute Gasteiger partial charge is 0.257 e. The number of pyridine rings is 1. The molecule has 5 rings (SSSR count). The zero-order chi connectivity index (χ0) is 21.5. The summed E-state index contributed by atoms with van der Waals surface area (Å²) >= 11 is 0. The summed E-state index contributed by atoms with van der Waals surface area (Å²) in [4.78, 5) is 22.0. The quantitative estimate of drug-likeness (QED) is 0.457. The topological polar surface area (TPSA) is 77.6 Å². The largest absolute Gasteiger partial charge is 0.322 e. The molecule has 1 N–H and O–H groups in total. The van der Waals surface area contributed by atoms with Crippen LogP contribution >= 0.6 is 0 Å². The van der Waals surface area contributed by atoms with Crippen LogP contribution in [0, 0.1) is 6.92 Å². The van der Waals surface area contributed by atoms with Crippen LogP contribution in [0.25, 0.3) is 27.8 Å². The minimum Gasteiger partial charge on any atom is -0.322 e. The molecular weight excluding hydrogens is 388 g/mol. The molecule has 0 fully saturated rings. The first kappa shape index (κ1) is 19.0. The number of nitrogens with zero attached hydrogens (tertiary/aromatic N) is 5. The van der Waals surface area contributed by atoms with Crippen LogP contribution in [-0.4, -0.2) is 30.2 Å². The number of aryl methyl sites for hydroxylation is 1. The van der Waals surface area contributed by atoms with Crippen LogP contribution in [0.2, 0.25) is 0 Å². The van der Waals surface area contributed by atoms with Gasteiger partial charge in [0.15, 0.2) is 5.65 Å². The highest BCUT2D eigenvalue weighted by atomic mass is 16.1. The van der Waals surface area contributed by atoms with Gasteiger partial charge >= 0.3 is 0 Å². The number of para-hydroxylation sites is 2. The third kappa shape index (κ3) is 3.34. The number of anilines is 1. The minimum atomic E-state index is -0.190. The Morgan fingerprint density at radius 1 is 1.06 bits per heavy atom. The molecule has 0 saturated heterocycles. The van der Waals surface area contributed by atoms with Gasteiger partial charge in [0, 0.05) is 22.8 Å². The number of carbonyl (C=O) groups is 1. The summed E-state index contributed by atoms with van der Waals surface area (Å²) in [5.74, 6) is -0.190. The van der Waals surface area contributed by atoms with Crippen molar-refractivity contribution in [3.63, 3.8) is 0 Å². The summed E-state index contributed by atoms with van der Waals surface area (Å²) in [6.45, 7) is 5.96. The lowest BCUT2D eigenvalue weighted by atomic mass is 10.1. The number of nitrogens with one attached hydrogen (secondary N) is 1. The van der Waals surface area contributed by atoms with Gasteiger partial charge in [-0.05, 0) is 63.2 Å². The van der Waals surface area contributed by atoms with Gasteiger partial charge < -0.3 is 5.32 Å². The molecule has 0 saturated carbocycles. The molecular formula is C24H22N6O. The molecule has 2 aromatic carbocycles. The second-order valence-electron chi connectivity index (χ2n) is 7.82. The van der Waals surface area contributed by atoms with E-state index in [1.165, 1.54) is 0 Å². The van der Waals surface area contributed by atoms with Crippen LogP contribution in [-0.2, 0) is 0 Å². The van der Waals surface area contributed by atoms with Crippen LogP contribution in [0.15, 0.2) is 67.1 Å². The van der Waals surface area contributed by atoms with E-state index < -0.39 is 0 Å². The highest BCUT2D eigenvalue weighted by molar-refractivity contribution is 6.06. The average molecular weight is 410 g/mol. The molecule has 3 heterocycles. The lowest BCUT2D eigenvalue weighted by Crippen LogP contribution is -2.14. The van der Waals surface area contributed by atoms with E-state index in [1.54, 1.807) is 12.5 Å². The number of carbonyl (C=O) groups excluding carboxylic acids is 1. The van der Waals surface area contributed by atoms with E-state index in [0.29, 0.717) is 11.3 Å². The fraction of sp³-hybridized carbons (Fsp3) is 0.167. The van der Waals surface area contributed by atoms with E-state index in [2.05, 4.69) is 34.2 Å². The number of aromatic nitrogens is 5. The number of rotatable bonds is 4. The van der Waals surface area contributed by atoms with Crippen molar-refractivity contribution in [1.29, 1.82) is 0 Å². The van der Waals surface area contributed by atoms with Crippen molar-refractivity contribution in [2.45, 2.75) is 26.8 Å². The van der Waals surface area contributed by atoms with Crippen molar-refractivity contribution in [3.8, 4) is 5.69 Å². The van der Waals surface area contributed by atoms with Crippen molar-refractivity contribution < 1.29 is 4.79 Å². The molecule has 0 unspecified atom stereocenters. The number of imidazole rings is 1. The summed E-state index contributed by atoms with van der Waals surface area (Å²) in [7, 11) is 0. The highest BCUT2D eigenvalue weighted by Crippen LogP contribution is 2.22. The van der Waals surface area contributed by atoms with Gasteiger partial charge in [-0.1, -0.05) is 12.1 Å². The van der Waals surface area contributed by atoms with E-state index in [4.69, 9.17) is 0 Å². The fourth-order valence-electron chi connectivity index (χ4n) is 3.74. The van der Waals surface area contributed by atoms with E-state index in [0.717, 1.165) is 33.4 Å². The van der Waals surface area contributed by atoms with E-state index in [-0.39, 0.29) is 11.9 Å². The molecule has 0 aliphatic carbocycles. The monoisotopic (exact) mass is 410 g/mol. The van der Waals surface area contributed by atoms with Gasteiger partial charge in [0.2, 0.25) is 0 Å². The Hall–Kier alpha value is -4.00. The minimum absolute atomic E-state index is 0.190. The van der Waals surface area contributed by atoms with Gasteiger partial charge in [-0.2, -0.15) is 5.10 Å².